The Bertz CT molecular complexity index is 565. The quantitative estimate of drug-likeness (QED) is 0.700. The summed E-state index contributed by atoms with van der Waals surface area (Å²) < 4.78 is 1.90. The standard InChI is InChI=1S/C12H13N3O2/c1-8-12-9(6-16)13-7-14(12)10-4-2-3-5-11(10)15(8)17/h2-5,7-8,15-16H,6H2,1H3. The van der Waals surface area contributed by atoms with E-state index in [1.54, 1.807) is 6.33 Å². The van der Waals surface area contributed by atoms with Crippen molar-refractivity contribution in [3.05, 3.63) is 47.2 Å². The van der Waals surface area contributed by atoms with E-state index in [9.17, 15) is 10.3 Å². The van der Waals surface area contributed by atoms with Crippen LogP contribution in [0.3, 0.4) is 0 Å². The van der Waals surface area contributed by atoms with Gasteiger partial charge in [-0.15, -0.1) is 0 Å². The van der Waals surface area contributed by atoms with Crippen LogP contribution in [0.1, 0.15) is 24.4 Å². The summed E-state index contributed by atoms with van der Waals surface area (Å²) in [6.07, 6.45) is 1.67. The maximum absolute atomic E-state index is 12.2. The first kappa shape index (κ1) is 10.5. The minimum atomic E-state index is -0.255. The van der Waals surface area contributed by atoms with Crippen molar-refractivity contribution in [2.45, 2.75) is 19.6 Å². The Kier molecular flexibility index (Phi) is 2.25. The number of benzene rings is 1. The first-order chi connectivity index (χ1) is 8.24. The van der Waals surface area contributed by atoms with Crippen molar-refractivity contribution in [3.8, 4) is 5.69 Å². The molecule has 0 amide bonds. The number of imidazole rings is 1. The topological polar surface area (TPSA) is 65.5 Å². The lowest BCUT2D eigenvalue weighted by Crippen LogP contribution is -3.03. The molecule has 5 heteroatoms. The molecule has 88 valence electrons. The van der Waals surface area contributed by atoms with Crippen molar-refractivity contribution in [1.82, 2.24) is 9.55 Å². The number of fused-ring (bicyclic) bond motifs is 3. The lowest BCUT2D eigenvalue weighted by Gasteiger charge is -2.35. The number of quaternary nitrogens is 1. The van der Waals surface area contributed by atoms with Crippen LogP contribution in [0.5, 0.6) is 0 Å². The SMILES string of the molecule is CC1c2c(CO)ncn2-c2ccccc2[NH+]1[O-]. The number of hydroxylamine groups is 1. The average molecular weight is 231 g/mol. The molecule has 2 unspecified atom stereocenters. The highest BCUT2D eigenvalue weighted by molar-refractivity contribution is 5.55. The van der Waals surface area contributed by atoms with Crippen LogP contribution in [-0.2, 0) is 6.61 Å². The predicted octanol–water partition coefficient (Wildman–Crippen LogP) is 0.453. The molecule has 2 heterocycles. The first-order valence-corrected chi connectivity index (χ1v) is 5.54. The molecule has 1 aliphatic rings. The number of aliphatic hydroxyl groups is 1. The fourth-order valence-electron chi connectivity index (χ4n) is 2.42. The van der Waals surface area contributed by atoms with Crippen LogP contribution >= 0.6 is 0 Å². The van der Waals surface area contributed by atoms with E-state index in [2.05, 4.69) is 4.98 Å². The van der Waals surface area contributed by atoms with E-state index in [0.717, 1.165) is 17.1 Å². The molecule has 1 aromatic heterocycles. The van der Waals surface area contributed by atoms with E-state index in [0.29, 0.717) is 5.69 Å². The maximum Gasteiger partial charge on any atom is 0.156 e. The second-order valence-corrected chi connectivity index (χ2v) is 4.21. The van der Waals surface area contributed by atoms with Gasteiger partial charge in [-0.3, -0.25) is 4.57 Å². The van der Waals surface area contributed by atoms with Gasteiger partial charge in [0.2, 0.25) is 0 Å². The maximum atomic E-state index is 12.2. The molecule has 17 heavy (non-hydrogen) atoms. The van der Waals surface area contributed by atoms with Gasteiger partial charge in [0.1, 0.15) is 23.8 Å². The van der Waals surface area contributed by atoms with Gasteiger partial charge in [0.05, 0.1) is 12.3 Å². The number of aromatic nitrogens is 2. The zero-order valence-corrected chi connectivity index (χ0v) is 9.42. The summed E-state index contributed by atoms with van der Waals surface area (Å²) in [6, 6.07) is 7.22. The highest BCUT2D eigenvalue weighted by Gasteiger charge is 2.30. The van der Waals surface area contributed by atoms with E-state index >= 15 is 0 Å². The zero-order valence-electron chi connectivity index (χ0n) is 9.42. The van der Waals surface area contributed by atoms with E-state index < -0.39 is 0 Å². The molecule has 1 aromatic carbocycles. The van der Waals surface area contributed by atoms with Crippen molar-refractivity contribution in [2.24, 2.45) is 0 Å². The third kappa shape index (κ3) is 1.33. The molecule has 2 aromatic rings. The van der Waals surface area contributed by atoms with Crippen molar-refractivity contribution >= 4 is 5.69 Å². The average Bonchev–Trinajstić information content (AvgIpc) is 2.80. The Labute approximate surface area is 98.5 Å². The molecule has 0 bridgehead atoms. The Morgan fingerprint density at radius 3 is 3.00 bits per heavy atom. The second-order valence-electron chi connectivity index (χ2n) is 4.21. The van der Waals surface area contributed by atoms with Crippen LogP contribution in [0, 0.1) is 5.21 Å². The molecule has 2 atom stereocenters. The summed E-state index contributed by atoms with van der Waals surface area (Å²) >= 11 is 0. The van der Waals surface area contributed by atoms with Crippen molar-refractivity contribution in [2.75, 3.05) is 0 Å². The van der Waals surface area contributed by atoms with Crippen LogP contribution in [0.25, 0.3) is 5.69 Å². The van der Waals surface area contributed by atoms with Gasteiger partial charge >= 0.3 is 0 Å². The molecule has 3 rings (SSSR count). The molecule has 5 nitrogen and oxygen atoms in total. The molecule has 2 N–H and O–H groups in total. The van der Waals surface area contributed by atoms with Gasteiger partial charge in [-0.2, -0.15) is 0 Å². The van der Waals surface area contributed by atoms with Crippen LogP contribution in [0.2, 0.25) is 0 Å². The highest BCUT2D eigenvalue weighted by atomic mass is 16.5. The minimum absolute atomic E-state index is 0.0864. The van der Waals surface area contributed by atoms with Gasteiger partial charge in [-0.25, -0.2) is 4.98 Å². The van der Waals surface area contributed by atoms with Gasteiger partial charge in [-0.05, 0) is 13.0 Å². The van der Waals surface area contributed by atoms with Gasteiger partial charge < -0.3 is 15.4 Å². The first-order valence-electron chi connectivity index (χ1n) is 5.54. The monoisotopic (exact) mass is 231 g/mol. The Morgan fingerprint density at radius 2 is 2.24 bits per heavy atom. The van der Waals surface area contributed by atoms with E-state index in [-0.39, 0.29) is 17.7 Å². The molecular formula is C12H13N3O2. The lowest BCUT2D eigenvalue weighted by molar-refractivity contribution is -0.813. The summed E-state index contributed by atoms with van der Waals surface area (Å²) in [5.74, 6) is 0. The molecule has 0 saturated carbocycles. The summed E-state index contributed by atoms with van der Waals surface area (Å²) in [7, 11) is 0. The molecule has 0 saturated heterocycles. The van der Waals surface area contributed by atoms with E-state index in [1.165, 1.54) is 0 Å². The highest BCUT2D eigenvalue weighted by Crippen LogP contribution is 2.28. The largest absolute Gasteiger partial charge is 0.628 e. The fourth-order valence-corrected chi connectivity index (χ4v) is 2.42. The minimum Gasteiger partial charge on any atom is -0.628 e. The number of nitrogens with one attached hydrogen (secondary N) is 1. The molecule has 0 radical (unpaired) electrons. The molecule has 0 aliphatic carbocycles. The summed E-state index contributed by atoms with van der Waals surface area (Å²) in [6.45, 7) is 1.72. The number of para-hydroxylation sites is 2. The summed E-state index contributed by atoms with van der Waals surface area (Å²) in [5, 5.41) is 21.6. The summed E-state index contributed by atoms with van der Waals surface area (Å²) in [4.78, 5) is 4.16. The molecule has 0 fully saturated rings. The third-order valence-corrected chi connectivity index (χ3v) is 3.27. The van der Waals surface area contributed by atoms with Crippen molar-refractivity contribution in [3.63, 3.8) is 0 Å². The smallest absolute Gasteiger partial charge is 0.156 e. The molecular weight excluding hydrogens is 218 g/mol. The Balaban J connectivity index is 2.29. The van der Waals surface area contributed by atoms with Crippen LogP contribution < -0.4 is 5.06 Å². The predicted molar refractivity (Wildman–Crippen MR) is 61.9 cm³/mol. The molecule has 1 aliphatic heterocycles. The van der Waals surface area contributed by atoms with Gasteiger partial charge in [0.25, 0.3) is 0 Å². The van der Waals surface area contributed by atoms with Gasteiger partial charge in [-0.1, -0.05) is 12.1 Å². The normalized spacial score (nSPS) is 22.1. The third-order valence-electron chi connectivity index (χ3n) is 3.27. The fraction of sp³-hybridized carbons (Fsp3) is 0.250. The van der Waals surface area contributed by atoms with E-state index in [4.69, 9.17) is 0 Å². The summed E-state index contributed by atoms with van der Waals surface area (Å²) in [5.41, 5.74) is 2.95. The van der Waals surface area contributed by atoms with Gasteiger partial charge in [0, 0.05) is 6.07 Å². The Hall–Kier alpha value is -1.69. The van der Waals surface area contributed by atoms with Crippen LogP contribution in [0.4, 0.5) is 5.69 Å². The van der Waals surface area contributed by atoms with E-state index in [1.807, 2.05) is 35.8 Å². The molecule has 0 spiro atoms. The van der Waals surface area contributed by atoms with Crippen molar-refractivity contribution < 1.29 is 10.2 Å². The number of nitrogens with zero attached hydrogens (tertiary/aromatic N) is 2. The van der Waals surface area contributed by atoms with Crippen molar-refractivity contribution in [1.29, 1.82) is 0 Å². The lowest BCUT2D eigenvalue weighted by atomic mass is 10.1. The number of hydrogen-bond acceptors (Lipinski definition) is 3. The number of hydrogen-bond donors (Lipinski definition) is 2. The van der Waals surface area contributed by atoms with Gasteiger partial charge in [0.15, 0.2) is 5.69 Å². The zero-order chi connectivity index (χ0) is 12.0. The number of aliphatic hydroxyl groups excluding tert-OH is 1. The number of rotatable bonds is 1. The van der Waals surface area contributed by atoms with Crippen LogP contribution in [-0.4, -0.2) is 14.7 Å². The van der Waals surface area contributed by atoms with Crippen LogP contribution in [0.15, 0.2) is 30.6 Å². The Morgan fingerprint density at radius 1 is 1.47 bits per heavy atom. The second kappa shape index (κ2) is 3.66.